The van der Waals surface area contributed by atoms with Crippen LogP contribution < -0.4 is 10.1 Å². The molecule has 4 aromatic carbocycles. The van der Waals surface area contributed by atoms with E-state index in [0.717, 1.165) is 45.6 Å². The van der Waals surface area contributed by atoms with Crippen molar-refractivity contribution in [1.82, 2.24) is 4.98 Å². The average Bonchev–Trinajstić information content (AvgIpc) is 2.90. The highest BCUT2D eigenvalue weighted by molar-refractivity contribution is 6.13. The van der Waals surface area contributed by atoms with E-state index in [1.165, 1.54) is 5.56 Å². The lowest BCUT2D eigenvalue weighted by molar-refractivity contribution is 0.102. The van der Waals surface area contributed by atoms with Crippen LogP contribution in [-0.4, -0.2) is 18.0 Å². The van der Waals surface area contributed by atoms with E-state index < -0.39 is 0 Å². The zero-order valence-corrected chi connectivity index (χ0v) is 18.9. The average molecular weight is 445 g/mol. The summed E-state index contributed by atoms with van der Waals surface area (Å²) < 4.78 is 5.27. The summed E-state index contributed by atoms with van der Waals surface area (Å²) in [5.41, 5.74) is 6.10. The van der Waals surface area contributed by atoms with E-state index in [0.29, 0.717) is 5.56 Å². The summed E-state index contributed by atoms with van der Waals surface area (Å²) in [5, 5.41) is 3.97. The van der Waals surface area contributed by atoms with Gasteiger partial charge in [-0.2, -0.15) is 0 Å². The molecule has 0 unspecified atom stereocenters. The summed E-state index contributed by atoms with van der Waals surface area (Å²) in [6, 6.07) is 35.5. The normalized spacial score (nSPS) is 10.7. The molecule has 1 N–H and O–H groups in total. The van der Waals surface area contributed by atoms with Crippen LogP contribution in [-0.2, 0) is 6.42 Å². The first-order chi connectivity index (χ1) is 16.7. The van der Waals surface area contributed by atoms with Gasteiger partial charge in [0.25, 0.3) is 5.91 Å². The lowest BCUT2D eigenvalue weighted by Gasteiger charge is -2.14. The standard InChI is InChI=1S/C30H24N2O2/c1-34-24-17-15-22(16-18-24)29-20-26(25-12-6-8-14-28(25)31-29)30(33)32-27-13-7-5-11-23(27)19-21-9-3-2-4-10-21/h2-18,20H,19H2,1H3,(H,32,33). The topological polar surface area (TPSA) is 51.2 Å². The molecular formula is C30H24N2O2. The molecule has 4 nitrogen and oxygen atoms in total. The van der Waals surface area contributed by atoms with Crippen LogP contribution in [0, 0.1) is 0 Å². The molecule has 0 saturated carbocycles. The molecule has 4 heteroatoms. The number of methoxy groups -OCH3 is 1. The van der Waals surface area contributed by atoms with Gasteiger partial charge in [-0.3, -0.25) is 4.79 Å². The van der Waals surface area contributed by atoms with Crippen molar-refractivity contribution >= 4 is 22.5 Å². The largest absolute Gasteiger partial charge is 0.497 e. The molecular weight excluding hydrogens is 420 g/mol. The van der Waals surface area contributed by atoms with Crippen molar-refractivity contribution in [2.75, 3.05) is 12.4 Å². The highest BCUT2D eigenvalue weighted by Crippen LogP contribution is 2.28. The first-order valence-electron chi connectivity index (χ1n) is 11.2. The van der Waals surface area contributed by atoms with Crippen molar-refractivity contribution in [1.29, 1.82) is 0 Å². The van der Waals surface area contributed by atoms with Gasteiger partial charge < -0.3 is 10.1 Å². The van der Waals surface area contributed by atoms with Gasteiger partial charge in [-0.25, -0.2) is 4.98 Å². The highest BCUT2D eigenvalue weighted by atomic mass is 16.5. The summed E-state index contributed by atoms with van der Waals surface area (Å²) in [5.74, 6) is 0.617. The Morgan fingerprint density at radius 1 is 0.824 bits per heavy atom. The van der Waals surface area contributed by atoms with Gasteiger partial charge in [-0.15, -0.1) is 0 Å². The minimum absolute atomic E-state index is 0.158. The Hall–Kier alpha value is -4.44. The Morgan fingerprint density at radius 2 is 1.53 bits per heavy atom. The van der Waals surface area contributed by atoms with Crippen LogP contribution in [0.25, 0.3) is 22.2 Å². The fourth-order valence-corrected chi connectivity index (χ4v) is 4.07. The molecule has 0 spiro atoms. The maximum absolute atomic E-state index is 13.6. The van der Waals surface area contributed by atoms with Gasteiger partial charge in [0.05, 0.1) is 23.9 Å². The van der Waals surface area contributed by atoms with E-state index in [-0.39, 0.29) is 5.91 Å². The number of para-hydroxylation sites is 2. The molecule has 1 heterocycles. The Balaban J connectivity index is 1.51. The predicted octanol–water partition coefficient (Wildman–Crippen LogP) is 6.75. The van der Waals surface area contributed by atoms with Gasteiger partial charge in [-0.05, 0) is 60.0 Å². The van der Waals surface area contributed by atoms with Crippen LogP contribution in [0.15, 0.2) is 109 Å². The molecule has 0 aliphatic rings. The smallest absolute Gasteiger partial charge is 0.256 e. The number of hydrogen-bond acceptors (Lipinski definition) is 3. The molecule has 5 rings (SSSR count). The number of ether oxygens (including phenoxy) is 1. The zero-order chi connectivity index (χ0) is 23.3. The summed E-state index contributed by atoms with van der Waals surface area (Å²) in [6.07, 6.45) is 0.742. The van der Waals surface area contributed by atoms with E-state index in [1.807, 2.05) is 91.0 Å². The van der Waals surface area contributed by atoms with Crippen molar-refractivity contribution in [2.45, 2.75) is 6.42 Å². The third-order valence-corrected chi connectivity index (χ3v) is 5.85. The van der Waals surface area contributed by atoms with Crippen LogP contribution in [0.4, 0.5) is 5.69 Å². The summed E-state index contributed by atoms with van der Waals surface area (Å²) in [4.78, 5) is 18.4. The second-order valence-corrected chi connectivity index (χ2v) is 8.07. The number of nitrogens with one attached hydrogen (secondary N) is 1. The van der Waals surface area contributed by atoms with Crippen LogP contribution >= 0.6 is 0 Å². The van der Waals surface area contributed by atoms with Crippen LogP contribution in [0.3, 0.4) is 0 Å². The molecule has 0 aliphatic carbocycles. The fourth-order valence-electron chi connectivity index (χ4n) is 4.07. The molecule has 5 aromatic rings. The number of carbonyl (C=O) groups excluding carboxylic acids is 1. The Morgan fingerprint density at radius 3 is 2.32 bits per heavy atom. The number of amides is 1. The highest BCUT2D eigenvalue weighted by Gasteiger charge is 2.16. The molecule has 1 amide bonds. The number of benzene rings is 4. The Bertz CT molecular complexity index is 1440. The monoisotopic (exact) mass is 444 g/mol. The molecule has 0 bridgehead atoms. The minimum atomic E-state index is -0.158. The van der Waals surface area contributed by atoms with Gasteiger partial charge in [0.1, 0.15) is 5.75 Å². The summed E-state index contributed by atoms with van der Waals surface area (Å²) >= 11 is 0. The molecule has 166 valence electrons. The molecule has 0 aliphatic heterocycles. The number of carbonyl (C=O) groups is 1. The van der Waals surface area contributed by atoms with Gasteiger partial charge in [0.2, 0.25) is 0 Å². The van der Waals surface area contributed by atoms with Crippen molar-refractivity contribution in [3.8, 4) is 17.0 Å². The van der Waals surface area contributed by atoms with E-state index in [1.54, 1.807) is 7.11 Å². The number of rotatable bonds is 6. The summed E-state index contributed by atoms with van der Waals surface area (Å²) in [6.45, 7) is 0. The van der Waals surface area contributed by atoms with Crippen molar-refractivity contribution in [3.63, 3.8) is 0 Å². The van der Waals surface area contributed by atoms with E-state index in [9.17, 15) is 4.79 Å². The van der Waals surface area contributed by atoms with Gasteiger partial charge in [0, 0.05) is 16.6 Å². The minimum Gasteiger partial charge on any atom is -0.497 e. The number of aromatic nitrogens is 1. The van der Waals surface area contributed by atoms with Crippen LogP contribution in [0.2, 0.25) is 0 Å². The quantitative estimate of drug-likeness (QED) is 0.315. The lowest BCUT2D eigenvalue weighted by Crippen LogP contribution is -2.14. The zero-order valence-electron chi connectivity index (χ0n) is 18.9. The van der Waals surface area contributed by atoms with Crippen molar-refractivity contribution in [3.05, 3.63) is 126 Å². The second kappa shape index (κ2) is 9.59. The number of anilines is 1. The van der Waals surface area contributed by atoms with E-state index in [2.05, 4.69) is 23.5 Å². The first kappa shape index (κ1) is 21.4. The number of fused-ring (bicyclic) bond motifs is 1. The molecule has 0 atom stereocenters. The van der Waals surface area contributed by atoms with Gasteiger partial charge >= 0.3 is 0 Å². The Labute approximate surface area is 198 Å². The summed E-state index contributed by atoms with van der Waals surface area (Å²) in [7, 11) is 1.64. The molecule has 1 aromatic heterocycles. The van der Waals surface area contributed by atoms with Crippen molar-refractivity contribution < 1.29 is 9.53 Å². The number of nitrogens with zero attached hydrogens (tertiary/aromatic N) is 1. The molecule has 0 fully saturated rings. The van der Waals surface area contributed by atoms with E-state index in [4.69, 9.17) is 9.72 Å². The lowest BCUT2D eigenvalue weighted by atomic mass is 10.0. The predicted molar refractivity (Wildman–Crippen MR) is 137 cm³/mol. The van der Waals surface area contributed by atoms with Crippen LogP contribution in [0.1, 0.15) is 21.5 Å². The molecule has 0 saturated heterocycles. The third-order valence-electron chi connectivity index (χ3n) is 5.85. The third kappa shape index (κ3) is 4.52. The van der Waals surface area contributed by atoms with E-state index >= 15 is 0 Å². The van der Waals surface area contributed by atoms with Crippen LogP contribution in [0.5, 0.6) is 5.75 Å². The Kier molecular flexibility index (Phi) is 6.04. The second-order valence-electron chi connectivity index (χ2n) is 8.07. The van der Waals surface area contributed by atoms with Gasteiger partial charge in [-0.1, -0.05) is 66.7 Å². The first-order valence-corrected chi connectivity index (χ1v) is 11.2. The SMILES string of the molecule is COc1ccc(-c2cc(C(=O)Nc3ccccc3Cc3ccccc3)c3ccccc3n2)cc1. The molecule has 0 radical (unpaired) electrons. The maximum Gasteiger partial charge on any atom is 0.256 e. The molecule has 34 heavy (non-hydrogen) atoms. The fraction of sp³-hybridized carbons (Fsp3) is 0.0667. The number of hydrogen-bond donors (Lipinski definition) is 1. The van der Waals surface area contributed by atoms with Gasteiger partial charge in [0.15, 0.2) is 0 Å². The maximum atomic E-state index is 13.6. The number of pyridine rings is 1. The van der Waals surface area contributed by atoms with Crippen molar-refractivity contribution in [2.24, 2.45) is 0 Å².